The zero-order valence-electron chi connectivity index (χ0n) is 12.9. The number of hydrogen-bond acceptors (Lipinski definition) is 2. The molecule has 1 aliphatic rings. The van der Waals surface area contributed by atoms with Crippen molar-refractivity contribution in [3.63, 3.8) is 0 Å². The first-order valence-electron chi connectivity index (χ1n) is 7.47. The van der Waals surface area contributed by atoms with Crippen LogP contribution in [-0.4, -0.2) is 18.4 Å². The Balaban J connectivity index is 2.51. The Bertz CT molecular complexity index is 510. The number of halogens is 1. The predicted octanol–water partition coefficient (Wildman–Crippen LogP) is 4.53. The quantitative estimate of drug-likeness (QED) is 0.754. The lowest BCUT2D eigenvalue weighted by molar-refractivity contribution is 0.111. The van der Waals surface area contributed by atoms with Crippen LogP contribution in [0.1, 0.15) is 68.8 Å². The van der Waals surface area contributed by atoms with Crippen LogP contribution in [0.4, 0.5) is 10.1 Å². The fraction of sp³-hybridized carbons (Fsp3) is 0.588. The minimum Gasteiger partial charge on any atom is -0.366 e. The highest BCUT2D eigenvalue weighted by molar-refractivity contribution is 5.78. The normalized spacial score (nSPS) is 20.6. The summed E-state index contributed by atoms with van der Waals surface area (Å²) in [7, 11) is 0. The van der Waals surface area contributed by atoms with E-state index in [0.29, 0.717) is 12.2 Å². The summed E-state index contributed by atoms with van der Waals surface area (Å²) in [6.07, 6.45) is 3.84. The summed E-state index contributed by atoms with van der Waals surface area (Å²) in [5.74, 6) is -0.0673. The number of rotatable bonds is 4. The van der Waals surface area contributed by atoms with Crippen molar-refractivity contribution in [3.05, 3.63) is 29.1 Å². The molecular formula is C17H24FNO. The van der Waals surface area contributed by atoms with Gasteiger partial charge in [-0.15, -0.1) is 0 Å². The van der Waals surface area contributed by atoms with Gasteiger partial charge in [0, 0.05) is 17.8 Å². The third-order valence-corrected chi connectivity index (χ3v) is 4.37. The van der Waals surface area contributed by atoms with Crippen LogP contribution in [0.25, 0.3) is 0 Å². The summed E-state index contributed by atoms with van der Waals surface area (Å²) in [6, 6.07) is 3.28. The Kier molecular flexibility index (Phi) is 4.17. The first-order chi connectivity index (χ1) is 9.40. The highest BCUT2D eigenvalue weighted by Gasteiger charge is 2.36. The van der Waals surface area contributed by atoms with Gasteiger partial charge in [-0.05, 0) is 50.3 Å². The number of benzene rings is 1. The molecule has 0 saturated heterocycles. The molecule has 0 radical (unpaired) electrons. The highest BCUT2D eigenvalue weighted by Crippen LogP contribution is 2.44. The molecule has 20 heavy (non-hydrogen) atoms. The van der Waals surface area contributed by atoms with E-state index < -0.39 is 5.82 Å². The smallest absolute Gasteiger partial charge is 0.153 e. The second kappa shape index (κ2) is 5.55. The van der Waals surface area contributed by atoms with Gasteiger partial charge in [-0.3, -0.25) is 4.79 Å². The Morgan fingerprint density at radius 3 is 2.75 bits per heavy atom. The standard InChI is InChI=1S/C17H24FNO/c1-5-6-7-19-16-9-15(18)13(11-20)8-14(16)12(2)10-17(19,3)4/h8-9,11-12H,5-7,10H2,1-4H3. The van der Waals surface area contributed by atoms with Crippen LogP contribution in [0.3, 0.4) is 0 Å². The van der Waals surface area contributed by atoms with E-state index >= 15 is 0 Å². The van der Waals surface area contributed by atoms with E-state index in [-0.39, 0.29) is 11.1 Å². The van der Waals surface area contributed by atoms with Crippen molar-refractivity contribution >= 4 is 12.0 Å². The fourth-order valence-corrected chi connectivity index (χ4v) is 3.35. The van der Waals surface area contributed by atoms with Gasteiger partial charge in [-0.2, -0.15) is 0 Å². The Morgan fingerprint density at radius 1 is 1.45 bits per heavy atom. The summed E-state index contributed by atoms with van der Waals surface area (Å²) in [5.41, 5.74) is 2.26. The zero-order chi connectivity index (χ0) is 14.9. The Morgan fingerprint density at radius 2 is 2.15 bits per heavy atom. The summed E-state index contributed by atoms with van der Waals surface area (Å²) >= 11 is 0. The summed E-state index contributed by atoms with van der Waals surface area (Å²) in [5, 5.41) is 0. The van der Waals surface area contributed by atoms with Crippen LogP contribution < -0.4 is 4.90 Å². The molecular weight excluding hydrogens is 253 g/mol. The molecule has 1 aromatic carbocycles. The molecule has 0 saturated carbocycles. The molecule has 0 aliphatic carbocycles. The molecule has 1 atom stereocenters. The number of nitrogens with zero attached hydrogens (tertiary/aromatic N) is 1. The lowest BCUT2D eigenvalue weighted by Gasteiger charge is -2.47. The number of anilines is 1. The van der Waals surface area contributed by atoms with Crippen LogP contribution in [0.5, 0.6) is 0 Å². The van der Waals surface area contributed by atoms with Crippen LogP contribution in [0, 0.1) is 5.82 Å². The molecule has 0 N–H and O–H groups in total. The maximum Gasteiger partial charge on any atom is 0.153 e. The van der Waals surface area contributed by atoms with Crippen molar-refractivity contribution in [2.24, 2.45) is 0 Å². The average Bonchev–Trinajstić information content (AvgIpc) is 2.37. The first-order valence-corrected chi connectivity index (χ1v) is 7.47. The van der Waals surface area contributed by atoms with Crippen molar-refractivity contribution in [3.8, 4) is 0 Å². The van der Waals surface area contributed by atoms with E-state index in [1.807, 2.05) is 0 Å². The molecule has 3 heteroatoms. The SMILES string of the molecule is CCCCN1c2cc(F)c(C=O)cc2C(C)CC1(C)C. The van der Waals surface area contributed by atoms with E-state index in [2.05, 4.69) is 32.6 Å². The minimum atomic E-state index is -0.412. The van der Waals surface area contributed by atoms with E-state index in [9.17, 15) is 9.18 Å². The largest absolute Gasteiger partial charge is 0.366 e. The average molecular weight is 277 g/mol. The molecule has 0 aromatic heterocycles. The second-order valence-corrected chi connectivity index (χ2v) is 6.47. The number of hydrogen-bond donors (Lipinski definition) is 0. The van der Waals surface area contributed by atoms with E-state index in [1.165, 1.54) is 0 Å². The minimum absolute atomic E-state index is 0.0245. The Labute approximate surface area is 121 Å². The Hall–Kier alpha value is -1.38. The topological polar surface area (TPSA) is 20.3 Å². The molecule has 0 spiro atoms. The summed E-state index contributed by atoms with van der Waals surface area (Å²) in [4.78, 5) is 13.3. The molecule has 2 rings (SSSR count). The molecule has 0 amide bonds. The third kappa shape index (κ3) is 2.58. The number of carbonyl (C=O) groups excluding carboxylic acids is 1. The maximum absolute atomic E-state index is 14.0. The lowest BCUT2D eigenvalue weighted by atomic mass is 9.79. The number of unbranched alkanes of at least 4 members (excludes halogenated alkanes) is 1. The van der Waals surface area contributed by atoms with Crippen LogP contribution in [0.15, 0.2) is 12.1 Å². The van der Waals surface area contributed by atoms with Gasteiger partial charge < -0.3 is 4.90 Å². The molecule has 1 aliphatic heterocycles. The summed E-state index contributed by atoms with van der Waals surface area (Å²) < 4.78 is 14.0. The van der Waals surface area contributed by atoms with Gasteiger partial charge in [0.1, 0.15) is 5.82 Å². The van der Waals surface area contributed by atoms with Gasteiger partial charge in [-0.1, -0.05) is 20.3 Å². The van der Waals surface area contributed by atoms with Gasteiger partial charge in [0.2, 0.25) is 0 Å². The van der Waals surface area contributed by atoms with Gasteiger partial charge in [-0.25, -0.2) is 4.39 Å². The van der Waals surface area contributed by atoms with Gasteiger partial charge in [0.15, 0.2) is 6.29 Å². The molecule has 1 unspecified atom stereocenters. The molecule has 0 fully saturated rings. The van der Waals surface area contributed by atoms with Crippen LogP contribution >= 0.6 is 0 Å². The van der Waals surface area contributed by atoms with E-state index in [1.54, 1.807) is 12.1 Å². The number of fused-ring (bicyclic) bond motifs is 1. The van der Waals surface area contributed by atoms with E-state index in [4.69, 9.17) is 0 Å². The fourth-order valence-electron chi connectivity index (χ4n) is 3.35. The van der Waals surface area contributed by atoms with Gasteiger partial charge in [0.25, 0.3) is 0 Å². The molecule has 1 aromatic rings. The lowest BCUT2D eigenvalue weighted by Crippen LogP contribution is -2.48. The van der Waals surface area contributed by atoms with Crippen molar-refractivity contribution in [2.75, 3.05) is 11.4 Å². The van der Waals surface area contributed by atoms with Crippen molar-refractivity contribution in [1.29, 1.82) is 0 Å². The van der Waals surface area contributed by atoms with E-state index in [0.717, 1.165) is 37.1 Å². The number of aldehydes is 1. The molecule has 2 nitrogen and oxygen atoms in total. The second-order valence-electron chi connectivity index (χ2n) is 6.47. The molecule has 1 heterocycles. The highest BCUT2D eigenvalue weighted by atomic mass is 19.1. The van der Waals surface area contributed by atoms with Crippen molar-refractivity contribution in [2.45, 2.75) is 58.4 Å². The monoisotopic (exact) mass is 277 g/mol. The maximum atomic E-state index is 14.0. The molecule has 0 bridgehead atoms. The predicted molar refractivity (Wildman–Crippen MR) is 81.2 cm³/mol. The van der Waals surface area contributed by atoms with Crippen molar-refractivity contribution < 1.29 is 9.18 Å². The van der Waals surface area contributed by atoms with Crippen LogP contribution in [-0.2, 0) is 0 Å². The number of carbonyl (C=O) groups is 1. The van der Waals surface area contributed by atoms with Gasteiger partial charge in [0.05, 0.1) is 5.56 Å². The molecule has 110 valence electrons. The first kappa shape index (κ1) is 15.0. The van der Waals surface area contributed by atoms with Crippen LogP contribution in [0.2, 0.25) is 0 Å². The third-order valence-electron chi connectivity index (χ3n) is 4.37. The zero-order valence-corrected chi connectivity index (χ0v) is 12.9. The summed E-state index contributed by atoms with van der Waals surface area (Å²) in [6.45, 7) is 9.69. The van der Waals surface area contributed by atoms with Crippen molar-refractivity contribution in [1.82, 2.24) is 0 Å². The van der Waals surface area contributed by atoms with Gasteiger partial charge >= 0.3 is 0 Å².